The van der Waals surface area contributed by atoms with Gasteiger partial charge in [0.15, 0.2) is 11.3 Å². The number of carbonyl (C=O) groups is 1. The Morgan fingerprint density at radius 1 is 1.13 bits per heavy atom. The van der Waals surface area contributed by atoms with Gasteiger partial charge >= 0.3 is 6.18 Å². The molecule has 0 radical (unpaired) electrons. The highest BCUT2D eigenvalue weighted by molar-refractivity contribution is 6.21. The number of alkyl halides is 3. The molecule has 0 saturated carbocycles. The number of fused-ring (bicyclic) bond motifs is 3. The van der Waals surface area contributed by atoms with Crippen LogP contribution in [0.25, 0.3) is 11.2 Å². The van der Waals surface area contributed by atoms with Gasteiger partial charge in [0.1, 0.15) is 5.75 Å². The van der Waals surface area contributed by atoms with Crippen molar-refractivity contribution in [1.82, 2.24) is 14.6 Å². The first kappa shape index (κ1) is 22.1. The summed E-state index contributed by atoms with van der Waals surface area (Å²) in [4.78, 5) is 15.1. The van der Waals surface area contributed by atoms with E-state index < -0.39 is 17.8 Å². The molecule has 0 aliphatic heterocycles. The molecule has 10 heteroatoms. The van der Waals surface area contributed by atoms with Crippen LogP contribution < -0.4 is 11.5 Å². The standard InChI is InChI=1S/C12H10F3N5O.C9H12O/c1-4-3-18-20-6-2-5(16)7(10(17)21)8(6)9(12(13,14)15)19-11(4)20;1-6-4-5-9(10)8(3)7(6)2/h3H,2,16H2,1H3,(H2,17,21);4-5,10H,1-3H3. The van der Waals surface area contributed by atoms with Crippen molar-refractivity contribution in [2.24, 2.45) is 11.5 Å². The second-order valence-electron chi connectivity index (χ2n) is 7.44. The summed E-state index contributed by atoms with van der Waals surface area (Å²) in [6.07, 6.45) is -3.36. The van der Waals surface area contributed by atoms with Crippen LogP contribution >= 0.6 is 0 Å². The lowest BCUT2D eigenvalue weighted by Crippen LogP contribution is -2.20. The van der Waals surface area contributed by atoms with Gasteiger partial charge in [0, 0.05) is 23.2 Å². The minimum atomic E-state index is -4.73. The van der Waals surface area contributed by atoms with Crippen LogP contribution in [0.3, 0.4) is 0 Å². The van der Waals surface area contributed by atoms with Crippen molar-refractivity contribution in [2.75, 3.05) is 0 Å². The molecule has 164 valence electrons. The van der Waals surface area contributed by atoms with Crippen molar-refractivity contribution in [3.63, 3.8) is 0 Å². The highest BCUT2D eigenvalue weighted by Crippen LogP contribution is 2.40. The van der Waals surface area contributed by atoms with E-state index >= 15 is 0 Å². The Morgan fingerprint density at radius 3 is 2.32 bits per heavy atom. The number of aryl methyl sites for hydroxylation is 2. The van der Waals surface area contributed by atoms with Gasteiger partial charge in [-0.25, -0.2) is 9.50 Å². The summed E-state index contributed by atoms with van der Waals surface area (Å²) in [5, 5.41) is 13.2. The molecule has 7 nitrogen and oxygen atoms in total. The Balaban J connectivity index is 0.000000229. The summed E-state index contributed by atoms with van der Waals surface area (Å²) in [7, 11) is 0. The number of amides is 1. The number of carbonyl (C=O) groups excluding carboxylic acids is 1. The van der Waals surface area contributed by atoms with Crippen molar-refractivity contribution < 1.29 is 23.1 Å². The molecule has 0 fully saturated rings. The Kier molecular flexibility index (Phi) is 5.43. The number of hydrogen-bond donors (Lipinski definition) is 3. The Labute approximate surface area is 176 Å². The molecule has 1 aliphatic rings. The molecule has 0 atom stereocenters. The molecular weight excluding hydrogens is 411 g/mol. The van der Waals surface area contributed by atoms with Crippen LogP contribution in [0.1, 0.15) is 39.2 Å². The monoisotopic (exact) mass is 433 g/mol. The van der Waals surface area contributed by atoms with E-state index in [2.05, 4.69) is 10.1 Å². The first-order valence-electron chi connectivity index (χ1n) is 9.33. The molecule has 1 amide bonds. The summed E-state index contributed by atoms with van der Waals surface area (Å²) in [6, 6.07) is 3.66. The maximum atomic E-state index is 13.3. The van der Waals surface area contributed by atoms with E-state index in [9.17, 15) is 23.1 Å². The fraction of sp³-hybridized carbons (Fsp3) is 0.286. The zero-order chi connectivity index (χ0) is 23.2. The summed E-state index contributed by atoms with van der Waals surface area (Å²) < 4.78 is 41.1. The number of allylic oxidation sites excluding steroid dienone is 1. The van der Waals surface area contributed by atoms with Crippen LogP contribution in [0, 0.1) is 27.7 Å². The van der Waals surface area contributed by atoms with E-state index in [4.69, 9.17) is 11.5 Å². The molecule has 0 bridgehead atoms. The van der Waals surface area contributed by atoms with Crippen LogP contribution in [-0.2, 0) is 17.4 Å². The van der Waals surface area contributed by atoms with Crippen LogP contribution in [0.15, 0.2) is 24.0 Å². The lowest BCUT2D eigenvalue weighted by molar-refractivity contribution is -0.141. The van der Waals surface area contributed by atoms with Gasteiger partial charge < -0.3 is 16.6 Å². The third kappa shape index (κ3) is 3.80. The molecule has 2 heterocycles. The fourth-order valence-corrected chi connectivity index (χ4v) is 3.44. The summed E-state index contributed by atoms with van der Waals surface area (Å²) >= 11 is 0. The number of benzene rings is 1. The van der Waals surface area contributed by atoms with Crippen molar-refractivity contribution in [1.29, 1.82) is 0 Å². The summed E-state index contributed by atoms with van der Waals surface area (Å²) in [6.45, 7) is 7.59. The van der Waals surface area contributed by atoms with E-state index in [0.29, 0.717) is 11.3 Å². The van der Waals surface area contributed by atoms with Gasteiger partial charge in [0.05, 0.1) is 17.5 Å². The number of nitrogens with zero attached hydrogens (tertiary/aromatic N) is 3. The van der Waals surface area contributed by atoms with Gasteiger partial charge in [-0.2, -0.15) is 18.3 Å². The molecular formula is C21H22F3N5O2. The van der Waals surface area contributed by atoms with E-state index in [1.807, 2.05) is 26.8 Å². The predicted molar refractivity (Wildman–Crippen MR) is 109 cm³/mol. The molecule has 0 spiro atoms. The molecule has 0 unspecified atom stereocenters. The quantitative estimate of drug-likeness (QED) is 0.545. The zero-order valence-corrected chi connectivity index (χ0v) is 17.4. The molecule has 31 heavy (non-hydrogen) atoms. The van der Waals surface area contributed by atoms with Crippen molar-refractivity contribution in [3.8, 4) is 5.75 Å². The maximum absolute atomic E-state index is 13.3. The largest absolute Gasteiger partial charge is 0.508 e. The van der Waals surface area contributed by atoms with Gasteiger partial charge in [0.2, 0.25) is 0 Å². The van der Waals surface area contributed by atoms with Crippen LogP contribution in [-0.4, -0.2) is 25.6 Å². The number of rotatable bonds is 1. The lowest BCUT2D eigenvalue weighted by Gasteiger charge is -2.13. The number of phenolic OH excluding ortho intramolecular Hbond substituents is 1. The van der Waals surface area contributed by atoms with E-state index in [1.165, 1.54) is 21.8 Å². The number of halogens is 3. The van der Waals surface area contributed by atoms with Crippen molar-refractivity contribution in [2.45, 2.75) is 40.3 Å². The Hall–Kier alpha value is -3.56. The first-order valence-corrected chi connectivity index (χ1v) is 9.33. The SMILES string of the molecule is Cc1ccc(O)c(C)c1C.Cc1cnn2c3c(c(C(F)(F)F)nc12)C(C(N)=O)=C(N)C3. The zero-order valence-electron chi connectivity index (χ0n) is 17.4. The Morgan fingerprint density at radius 2 is 1.77 bits per heavy atom. The van der Waals surface area contributed by atoms with Crippen molar-refractivity contribution >= 4 is 17.1 Å². The van der Waals surface area contributed by atoms with E-state index in [-0.39, 0.29) is 34.6 Å². The predicted octanol–water partition coefficient (Wildman–Crippen LogP) is 3.09. The lowest BCUT2D eigenvalue weighted by atomic mass is 10.0. The summed E-state index contributed by atoms with van der Waals surface area (Å²) in [5.41, 5.74) is 13.1. The van der Waals surface area contributed by atoms with Gasteiger partial charge in [-0.15, -0.1) is 0 Å². The van der Waals surface area contributed by atoms with Gasteiger partial charge in [-0.05, 0) is 50.5 Å². The summed E-state index contributed by atoms with van der Waals surface area (Å²) in [5.74, 6) is -0.620. The van der Waals surface area contributed by atoms with Crippen LogP contribution in [0.4, 0.5) is 13.2 Å². The molecule has 0 saturated heterocycles. The number of aromatic nitrogens is 3. The molecule has 4 rings (SSSR count). The number of hydrogen-bond acceptors (Lipinski definition) is 5. The highest BCUT2D eigenvalue weighted by Gasteiger charge is 2.42. The number of phenols is 1. The number of nitrogens with two attached hydrogens (primary N) is 2. The molecule has 1 aliphatic carbocycles. The van der Waals surface area contributed by atoms with Gasteiger partial charge in [0.25, 0.3) is 5.91 Å². The number of primary amides is 1. The smallest absolute Gasteiger partial charge is 0.434 e. The third-order valence-electron chi connectivity index (χ3n) is 5.39. The van der Waals surface area contributed by atoms with Crippen molar-refractivity contribution in [3.05, 3.63) is 63.2 Å². The Bertz CT molecular complexity index is 1220. The first-order chi connectivity index (χ1) is 14.3. The van der Waals surface area contributed by atoms with Crippen LogP contribution in [0.5, 0.6) is 5.75 Å². The molecule has 3 aromatic rings. The number of aromatic hydroxyl groups is 1. The average Bonchev–Trinajstić information content (AvgIpc) is 3.22. The normalized spacial score (nSPS) is 13.3. The average molecular weight is 433 g/mol. The maximum Gasteiger partial charge on any atom is 0.434 e. The molecule has 2 aromatic heterocycles. The second kappa shape index (κ2) is 7.60. The minimum absolute atomic E-state index is 0.00884. The topological polar surface area (TPSA) is 120 Å². The second-order valence-corrected chi connectivity index (χ2v) is 7.44. The van der Waals surface area contributed by atoms with E-state index in [0.717, 1.165) is 5.56 Å². The molecule has 5 N–H and O–H groups in total. The minimum Gasteiger partial charge on any atom is -0.508 e. The fourth-order valence-electron chi connectivity index (χ4n) is 3.44. The van der Waals surface area contributed by atoms with Crippen LogP contribution in [0.2, 0.25) is 0 Å². The third-order valence-corrected chi connectivity index (χ3v) is 5.39. The van der Waals surface area contributed by atoms with Gasteiger partial charge in [-0.1, -0.05) is 6.07 Å². The van der Waals surface area contributed by atoms with Gasteiger partial charge in [-0.3, -0.25) is 4.79 Å². The van der Waals surface area contributed by atoms with E-state index in [1.54, 1.807) is 13.0 Å². The highest BCUT2D eigenvalue weighted by atomic mass is 19.4. The molecule has 1 aromatic carbocycles.